The van der Waals surface area contributed by atoms with E-state index in [0.717, 1.165) is 28.9 Å². The van der Waals surface area contributed by atoms with Crippen LogP contribution in [-0.2, 0) is 6.54 Å². The Labute approximate surface area is 163 Å². The average Bonchev–Trinajstić information content (AvgIpc) is 2.67. The monoisotopic (exact) mass is 363 g/mol. The molecule has 1 fully saturated rings. The minimum absolute atomic E-state index is 0.636. The predicted octanol–water partition coefficient (Wildman–Crippen LogP) is 5.23. The Kier molecular flexibility index (Phi) is 6.90. The maximum Gasteiger partial charge on any atom is 0.140 e. The van der Waals surface area contributed by atoms with E-state index in [1.807, 2.05) is 25.1 Å². The van der Waals surface area contributed by atoms with E-state index in [-0.39, 0.29) is 0 Å². The van der Waals surface area contributed by atoms with Crippen LogP contribution in [0.25, 0.3) is 0 Å². The highest BCUT2D eigenvalue weighted by molar-refractivity contribution is 5.47. The average molecular weight is 364 g/mol. The number of rotatable bonds is 6. The van der Waals surface area contributed by atoms with Crippen molar-refractivity contribution >= 4 is 0 Å². The Morgan fingerprint density at radius 1 is 0.926 bits per heavy atom. The highest BCUT2D eigenvalue weighted by atomic mass is 16.5. The number of hydrogen-bond acceptors (Lipinski definition) is 2. The first-order valence-corrected chi connectivity index (χ1v) is 10.2. The SMILES string of the molecule is Cc1cccc(C#N)c1OCC[N+]1(Cc2ccccc2)CCCCCCC1. The summed E-state index contributed by atoms with van der Waals surface area (Å²) in [5.41, 5.74) is 3.08. The van der Waals surface area contributed by atoms with Gasteiger partial charge in [0.25, 0.3) is 0 Å². The number of ether oxygens (including phenoxy) is 1. The van der Waals surface area contributed by atoms with Gasteiger partial charge in [-0.15, -0.1) is 0 Å². The topological polar surface area (TPSA) is 33.0 Å². The van der Waals surface area contributed by atoms with Gasteiger partial charge in [0.05, 0.1) is 18.7 Å². The van der Waals surface area contributed by atoms with E-state index in [0.29, 0.717) is 12.2 Å². The van der Waals surface area contributed by atoms with E-state index < -0.39 is 0 Å². The lowest BCUT2D eigenvalue weighted by Crippen LogP contribution is -2.51. The van der Waals surface area contributed by atoms with Gasteiger partial charge >= 0.3 is 0 Å². The van der Waals surface area contributed by atoms with Gasteiger partial charge in [-0.05, 0) is 44.2 Å². The molecule has 3 rings (SSSR count). The zero-order chi connectivity index (χ0) is 19.0. The summed E-state index contributed by atoms with van der Waals surface area (Å²) >= 11 is 0. The molecular formula is C24H31N2O+. The fourth-order valence-corrected chi connectivity index (χ4v) is 4.24. The van der Waals surface area contributed by atoms with Crippen molar-refractivity contribution in [2.75, 3.05) is 26.2 Å². The Morgan fingerprint density at radius 2 is 1.63 bits per heavy atom. The molecule has 0 amide bonds. The van der Waals surface area contributed by atoms with Gasteiger partial charge in [-0.1, -0.05) is 48.9 Å². The molecule has 0 spiro atoms. The molecule has 0 atom stereocenters. The lowest BCUT2D eigenvalue weighted by Gasteiger charge is -2.40. The Morgan fingerprint density at radius 3 is 2.33 bits per heavy atom. The first kappa shape index (κ1) is 19.5. The van der Waals surface area contributed by atoms with Crippen LogP contribution >= 0.6 is 0 Å². The van der Waals surface area contributed by atoms with Gasteiger partial charge in [0, 0.05) is 5.56 Å². The van der Waals surface area contributed by atoms with Crippen LogP contribution in [0.15, 0.2) is 48.5 Å². The number of para-hydroxylation sites is 1. The number of benzene rings is 2. The third-order valence-corrected chi connectivity index (χ3v) is 5.77. The largest absolute Gasteiger partial charge is 0.486 e. The van der Waals surface area contributed by atoms with Gasteiger partial charge in [0.15, 0.2) is 0 Å². The van der Waals surface area contributed by atoms with Crippen molar-refractivity contribution in [3.8, 4) is 11.8 Å². The third-order valence-electron chi connectivity index (χ3n) is 5.77. The number of hydrogen-bond donors (Lipinski definition) is 0. The minimum atomic E-state index is 0.636. The third kappa shape index (κ3) is 5.34. The summed E-state index contributed by atoms with van der Waals surface area (Å²) < 4.78 is 7.25. The molecule has 0 N–H and O–H groups in total. The number of likely N-dealkylation sites (tertiary alicyclic amines) is 1. The summed E-state index contributed by atoms with van der Waals surface area (Å²) in [4.78, 5) is 0. The highest BCUT2D eigenvalue weighted by Crippen LogP contribution is 2.25. The fraction of sp³-hybridized carbons (Fsp3) is 0.458. The summed E-state index contributed by atoms with van der Waals surface area (Å²) in [6, 6.07) is 18.9. The van der Waals surface area contributed by atoms with Crippen molar-refractivity contribution in [1.82, 2.24) is 0 Å². The van der Waals surface area contributed by atoms with Crippen LogP contribution in [-0.4, -0.2) is 30.7 Å². The van der Waals surface area contributed by atoms with Crippen LogP contribution in [0.5, 0.6) is 5.75 Å². The molecule has 0 aromatic heterocycles. The Bertz CT molecular complexity index is 756. The van der Waals surface area contributed by atoms with Gasteiger partial charge in [-0.25, -0.2) is 0 Å². The van der Waals surface area contributed by atoms with E-state index >= 15 is 0 Å². The number of aryl methyl sites for hydroxylation is 1. The number of nitriles is 1. The summed E-state index contributed by atoms with van der Waals surface area (Å²) in [5, 5.41) is 9.37. The summed E-state index contributed by atoms with van der Waals surface area (Å²) in [6.07, 6.45) is 6.63. The van der Waals surface area contributed by atoms with Crippen molar-refractivity contribution in [3.05, 3.63) is 65.2 Å². The van der Waals surface area contributed by atoms with E-state index in [1.54, 1.807) is 0 Å². The van der Waals surface area contributed by atoms with Crippen LogP contribution in [0, 0.1) is 18.3 Å². The molecule has 1 saturated heterocycles. The number of quaternary nitrogens is 1. The summed E-state index contributed by atoms with van der Waals surface area (Å²) in [6.45, 7) is 7.18. The van der Waals surface area contributed by atoms with Crippen LogP contribution in [0.1, 0.15) is 48.8 Å². The molecule has 142 valence electrons. The molecule has 1 aliphatic rings. The van der Waals surface area contributed by atoms with Gasteiger partial charge in [0.1, 0.15) is 31.5 Å². The van der Waals surface area contributed by atoms with Crippen molar-refractivity contribution in [2.45, 2.75) is 45.6 Å². The van der Waals surface area contributed by atoms with E-state index in [4.69, 9.17) is 4.74 Å². The number of nitrogens with zero attached hydrogens (tertiary/aromatic N) is 2. The standard InChI is InChI=1S/C24H31N2O/c1-21-11-10-14-23(19-25)24(21)27-18-17-26(15-8-3-2-4-9-16-26)20-22-12-6-5-7-13-22/h5-7,10-14H,2-4,8-9,15-18,20H2,1H3/q+1. The normalized spacial score (nSPS) is 16.7. The molecule has 2 aromatic carbocycles. The molecule has 2 aromatic rings. The Balaban J connectivity index is 1.72. The van der Waals surface area contributed by atoms with E-state index in [1.165, 1.54) is 50.8 Å². The minimum Gasteiger partial charge on any atom is -0.486 e. The van der Waals surface area contributed by atoms with Crippen molar-refractivity contribution in [3.63, 3.8) is 0 Å². The highest BCUT2D eigenvalue weighted by Gasteiger charge is 2.28. The van der Waals surface area contributed by atoms with Crippen LogP contribution in [0.3, 0.4) is 0 Å². The maximum atomic E-state index is 9.37. The second-order valence-corrected chi connectivity index (χ2v) is 7.84. The molecule has 0 aliphatic carbocycles. The van der Waals surface area contributed by atoms with Gasteiger partial charge in [0.2, 0.25) is 0 Å². The summed E-state index contributed by atoms with van der Waals surface area (Å²) in [5.74, 6) is 0.755. The molecular weight excluding hydrogens is 332 g/mol. The van der Waals surface area contributed by atoms with E-state index in [9.17, 15) is 5.26 Å². The van der Waals surface area contributed by atoms with Gasteiger partial charge in [-0.3, -0.25) is 0 Å². The van der Waals surface area contributed by atoms with Crippen molar-refractivity contribution in [1.29, 1.82) is 5.26 Å². The van der Waals surface area contributed by atoms with Crippen molar-refractivity contribution in [2.24, 2.45) is 0 Å². The lowest BCUT2D eigenvalue weighted by molar-refractivity contribution is -0.941. The second-order valence-electron chi connectivity index (χ2n) is 7.84. The zero-order valence-electron chi connectivity index (χ0n) is 16.5. The molecule has 3 nitrogen and oxygen atoms in total. The molecule has 0 saturated carbocycles. The van der Waals surface area contributed by atoms with Crippen LogP contribution in [0.2, 0.25) is 0 Å². The lowest BCUT2D eigenvalue weighted by atomic mass is 10.0. The maximum absolute atomic E-state index is 9.37. The molecule has 3 heteroatoms. The van der Waals surface area contributed by atoms with Gasteiger partial charge in [-0.2, -0.15) is 5.26 Å². The Hall–Kier alpha value is -2.31. The molecule has 27 heavy (non-hydrogen) atoms. The van der Waals surface area contributed by atoms with Crippen molar-refractivity contribution < 1.29 is 9.22 Å². The summed E-state index contributed by atoms with van der Waals surface area (Å²) in [7, 11) is 0. The van der Waals surface area contributed by atoms with Crippen LogP contribution < -0.4 is 4.74 Å². The van der Waals surface area contributed by atoms with Crippen LogP contribution in [0.4, 0.5) is 0 Å². The predicted molar refractivity (Wildman–Crippen MR) is 109 cm³/mol. The molecule has 1 heterocycles. The smallest absolute Gasteiger partial charge is 0.140 e. The molecule has 0 radical (unpaired) electrons. The van der Waals surface area contributed by atoms with Gasteiger partial charge < -0.3 is 9.22 Å². The zero-order valence-corrected chi connectivity index (χ0v) is 16.5. The molecule has 1 aliphatic heterocycles. The first-order chi connectivity index (χ1) is 13.2. The first-order valence-electron chi connectivity index (χ1n) is 10.2. The van der Waals surface area contributed by atoms with E-state index in [2.05, 4.69) is 36.4 Å². The quantitative estimate of drug-likeness (QED) is 0.659. The molecule has 0 bridgehead atoms. The fourth-order valence-electron chi connectivity index (χ4n) is 4.24. The second kappa shape index (κ2) is 9.58. The molecule has 0 unspecified atom stereocenters.